The third-order valence-corrected chi connectivity index (χ3v) is 12.2. The number of aromatic amines is 2. The van der Waals surface area contributed by atoms with Crippen molar-refractivity contribution >= 4 is 51.3 Å². The summed E-state index contributed by atoms with van der Waals surface area (Å²) in [6.07, 6.45) is 2.99. The molecule has 0 atom stereocenters. The van der Waals surface area contributed by atoms with E-state index in [4.69, 9.17) is 9.31 Å². The number of rotatable bonds is 7. The van der Waals surface area contributed by atoms with Crippen molar-refractivity contribution in [2.24, 2.45) is 0 Å². The van der Waals surface area contributed by atoms with Gasteiger partial charge in [-0.2, -0.15) is 10.2 Å². The number of aromatic nitrogens is 6. The van der Waals surface area contributed by atoms with E-state index >= 15 is 0 Å². The van der Waals surface area contributed by atoms with Gasteiger partial charge in [0.1, 0.15) is 12.7 Å². The van der Waals surface area contributed by atoms with E-state index in [0.717, 1.165) is 79.4 Å². The van der Waals surface area contributed by atoms with E-state index in [2.05, 4.69) is 156 Å². The summed E-state index contributed by atoms with van der Waals surface area (Å²) in [5, 5.41) is 12.4. The zero-order valence-electron chi connectivity index (χ0n) is 34.6. The molecule has 3 fully saturated rings. The van der Waals surface area contributed by atoms with E-state index in [-0.39, 0.29) is 37.1 Å². The highest BCUT2D eigenvalue weighted by Gasteiger charge is 2.51. The lowest BCUT2D eigenvalue weighted by Crippen LogP contribution is -2.46. The van der Waals surface area contributed by atoms with E-state index in [0.29, 0.717) is 7.18 Å². The normalized spacial score (nSPS) is 16.9. The van der Waals surface area contributed by atoms with Crippen molar-refractivity contribution in [3.05, 3.63) is 135 Å². The standard InChI is InChI=1S/C24H30BN5O3.C18H18BrN5O.CH3F.CH4/c1-23(2)24(3,4)33-25(32-23)18-5-7-19(8-6-18)28-13-15-29(16-14-28)20-9-11-21(12-10-20)30-17-26-27-22(30)31;19-14-1-3-15(4-2-14)22-9-11-23(12-10-22)16-5-7-17(8-6-16)24-13-20-21-18(24)25;1-2;/h5-12,17H,13-16H2,1-4H3,(H,27,31);1-8,13H,9-12H2,(H,21,25);1H3;1H4. The van der Waals surface area contributed by atoms with Gasteiger partial charge < -0.3 is 28.9 Å². The Kier molecular flexibility index (Phi) is 14.3. The van der Waals surface area contributed by atoms with Gasteiger partial charge in [0.15, 0.2) is 0 Å². The molecular weight excluding hydrogens is 842 g/mol. The van der Waals surface area contributed by atoms with Gasteiger partial charge in [-0.1, -0.05) is 35.5 Å². The number of H-pyrrole nitrogens is 2. The summed E-state index contributed by atoms with van der Waals surface area (Å²) < 4.78 is 25.9. The molecule has 5 heterocycles. The predicted octanol–water partition coefficient (Wildman–Crippen LogP) is 6.06. The molecule has 9 rings (SSSR count). The zero-order chi connectivity index (χ0) is 42.4. The molecule has 0 radical (unpaired) electrons. The summed E-state index contributed by atoms with van der Waals surface area (Å²) in [5.41, 5.74) is 6.35. The number of benzene rings is 4. The van der Waals surface area contributed by atoms with E-state index in [9.17, 15) is 14.0 Å². The van der Waals surface area contributed by atoms with Crippen LogP contribution in [-0.2, 0) is 9.31 Å². The van der Waals surface area contributed by atoms with Crippen molar-refractivity contribution in [3.63, 3.8) is 0 Å². The number of nitrogens with one attached hydrogen (secondary N) is 2. The molecule has 14 nitrogen and oxygen atoms in total. The van der Waals surface area contributed by atoms with Crippen LogP contribution in [0, 0.1) is 0 Å². The molecule has 6 aromatic rings. The molecule has 0 amide bonds. The van der Waals surface area contributed by atoms with Crippen molar-refractivity contribution in [2.75, 3.05) is 79.1 Å². The van der Waals surface area contributed by atoms with Crippen molar-refractivity contribution in [3.8, 4) is 11.4 Å². The Morgan fingerprint density at radius 2 is 0.803 bits per heavy atom. The minimum atomic E-state index is -0.334. The Hall–Kier alpha value is -5.65. The third kappa shape index (κ3) is 10.1. The summed E-state index contributed by atoms with van der Waals surface area (Å²) in [4.78, 5) is 32.9. The minimum absolute atomic E-state index is 0. The monoisotopic (exact) mass is 896 g/mol. The van der Waals surface area contributed by atoms with Crippen LogP contribution >= 0.6 is 15.9 Å². The average Bonchev–Trinajstić information content (AvgIpc) is 3.97. The average molecular weight is 898 g/mol. The lowest BCUT2D eigenvalue weighted by atomic mass is 9.79. The maximum atomic E-state index is 11.7. The van der Waals surface area contributed by atoms with E-state index in [1.807, 2.05) is 24.3 Å². The molecule has 3 saturated heterocycles. The first kappa shape index (κ1) is 44.9. The molecule has 2 N–H and O–H groups in total. The van der Waals surface area contributed by atoms with Crippen LogP contribution in [-0.4, -0.2) is 107 Å². The first-order valence-electron chi connectivity index (χ1n) is 20.0. The number of alkyl halides is 1. The van der Waals surface area contributed by atoms with Gasteiger partial charge in [0.25, 0.3) is 0 Å². The van der Waals surface area contributed by atoms with Gasteiger partial charge in [0.2, 0.25) is 0 Å². The van der Waals surface area contributed by atoms with Crippen LogP contribution in [0.4, 0.5) is 27.1 Å². The topological polar surface area (TPSA) is 133 Å². The molecule has 322 valence electrons. The molecule has 61 heavy (non-hydrogen) atoms. The lowest BCUT2D eigenvalue weighted by molar-refractivity contribution is 0.00578. The molecule has 4 aromatic carbocycles. The van der Waals surface area contributed by atoms with Crippen LogP contribution in [0.5, 0.6) is 0 Å². The number of nitrogens with zero attached hydrogens (tertiary/aromatic N) is 8. The largest absolute Gasteiger partial charge is 0.494 e. The van der Waals surface area contributed by atoms with Gasteiger partial charge in [0, 0.05) is 79.6 Å². The highest BCUT2D eigenvalue weighted by Crippen LogP contribution is 2.36. The van der Waals surface area contributed by atoms with Crippen LogP contribution in [0.25, 0.3) is 11.4 Å². The molecule has 3 aliphatic rings. The molecular formula is C44H55BBrFN10O4. The van der Waals surface area contributed by atoms with Crippen LogP contribution in [0.2, 0.25) is 0 Å². The highest BCUT2D eigenvalue weighted by molar-refractivity contribution is 9.10. The fourth-order valence-electron chi connectivity index (χ4n) is 7.43. The third-order valence-electron chi connectivity index (χ3n) is 11.6. The second-order valence-electron chi connectivity index (χ2n) is 15.7. The van der Waals surface area contributed by atoms with Gasteiger partial charge in [-0.15, -0.1) is 0 Å². The predicted molar refractivity (Wildman–Crippen MR) is 247 cm³/mol. The summed E-state index contributed by atoms with van der Waals surface area (Å²) in [6.45, 7) is 16.0. The highest BCUT2D eigenvalue weighted by atomic mass is 79.9. The quantitative estimate of drug-likeness (QED) is 0.183. The van der Waals surface area contributed by atoms with Crippen LogP contribution in [0.1, 0.15) is 35.1 Å². The Morgan fingerprint density at radius 3 is 1.10 bits per heavy atom. The Morgan fingerprint density at radius 1 is 0.525 bits per heavy atom. The molecule has 17 heteroatoms. The fourth-order valence-corrected chi connectivity index (χ4v) is 7.70. The second kappa shape index (κ2) is 19.4. The second-order valence-corrected chi connectivity index (χ2v) is 16.6. The zero-order valence-corrected chi connectivity index (χ0v) is 36.2. The van der Waals surface area contributed by atoms with Crippen molar-refractivity contribution in [2.45, 2.75) is 46.3 Å². The summed E-state index contributed by atoms with van der Waals surface area (Å²) in [7, 11) is 0.168. The van der Waals surface area contributed by atoms with Crippen molar-refractivity contribution in [1.29, 1.82) is 0 Å². The van der Waals surface area contributed by atoms with E-state index in [1.165, 1.54) is 38.9 Å². The maximum absolute atomic E-state index is 11.7. The Bertz CT molecular complexity index is 2390. The van der Waals surface area contributed by atoms with Crippen molar-refractivity contribution in [1.82, 2.24) is 29.5 Å². The Balaban J connectivity index is 0.000000200. The van der Waals surface area contributed by atoms with E-state index < -0.39 is 0 Å². The van der Waals surface area contributed by atoms with Gasteiger partial charge in [-0.3, -0.25) is 4.39 Å². The number of halogens is 2. The van der Waals surface area contributed by atoms with E-state index in [1.54, 1.807) is 0 Å². The smallest absolute Gasteiger partial charge is 0.399 e. The fraction of sp³-hybridized carbons (Fsp3) is 0.364. The number of hydrogen-bond donors (Lipinski definition) is 2. The SMILES string of the molecule is C.CC1(C)OB(c2ccc(N3CCN(c4ccc(-n5cn[nH]c5=O)cc4)CC3)cc2)OC1(C)C.CF.O=c1[nH]ncn1-c1ccc(N2CCN(c3ccc(Br)cc3)CC2)cc1. The van der Waals surface area contributed by atoms with Gasteiger partial charge in [-0.25, -0.2) is 28.9 Å². The van der Waals surface area contributed by atoms with Gasteiger partial charge in [-0.05, 0) is 118 Å². The number of anilines is 4. The molecule has 0 aliphatic carbocycles. The Labute approximate surface area is 365 Å². The first-order chi connectivity index (χ1) is 28.9. The first-order valence-corrected chi connectivity index (χ1v) is 20.8. The molecule has 0 unspecified atom stereocenters. The molecule has 2 aromatic heterocycles. The van der Waals surface area contributed by atoms with Crippen LogP contribution in [0.15, 0.2) is 124 Å². The minimum Gasteiger partial charge on any atom is -0.399 e. The summed E-state index contributed by atoms with van der Waals surface area (Å²) in [5.74, 6) is 0. The van der Waals surface area contributed by atoms with Gasteiger partial charge in [0.05, 0.1) is 29.8 Å². The molecule has 0 spiro atoms. The van der Waals surface area contributed by atoms with Crippen LogP contribution in [0.3, 0.4) is 0 Å². The molecule has 0 saturated carbocycles. The van der Waals surface area contributed by atoms with Crippen LogP contribution < -0.4 is 36.4 Å². The van der Waals surface area contributed by atoms with Crippen molar-refractivity contribution < 1.29 is 13.7 Å². The number of piperazine rings is 2. The summed E-state index contributed by atoms with van der Waals surface area (Å²) >= 11 is 3.48. The number of hydrogen-bond acceptors (Lipinski definition) is 10. The summed E-state index contributed by atoms with van der Waals surface area (Å²) in [6, 6.07) is 33.1. The molecule has 3 aliphatic heterocycles. The lowest BCUT2D eigenvalue weighted by Gasteiger charge is -2.37. The molecule has 0 bridgehead atoms. The maximum Gasteiger partial charge on any atom is 0.494 e. The van der Waals surface area contributed by atoms with Gasteiger partial charge >= 0.3 is 18.5 Å².